The van der Waals surface area contributed by atoms with Crippen LogP contribution in [0.15, 0.2) is 30.3 Å². The molecule has 3 aromatic rings. The Morgan fingerprint density at radius 1 is 1.21 bits per heavy atom. The molecule has 0 aliphatic rings. The number of benzene rings is 1. The fraction of sp³-hybridized carbons (Fsp3) is 0.391. The molecule has 0 aliphatic carbocycles. The SMILES string of the molecule is CC(C)c1nc(N(C)S(C)(=O)=O)nc(-c2ccc(F)cc2)c1C=C[C@H](O)C[C@@H](O)CC(=O)Nc1nn[nH]n1. The van der Waals surface area contributed by atoms with Crippen LogP contribution in [0.5, 0.6) is 0 Å². The lowest BCUT2D eigenvalue weighted by molar-refractivity contribution is -0.118. The fourth-order valence-corrected chi connectivity index (χ4v) is 3.83. The van der Waals surface area contributed by atoms with Crippen molar-refractivity contribution in [1.29, 1.82) is 0 Å². The topological polar surface area (TPSA) is 187 Å². The number of rotatable bonds is 11. The van der Waals surface area contributed by atoms with Gasteiger partial charge in [0.25, 0.3) is 5.95 Å². The summed E-state index contributed by atoms with van der Waals surface area (Å²) < 4.78 is 38.9. The molecule has 0 radical (unpaired) electrons. The molecule has 0 unspecified atom stereocenters. The number of halogens is 1. The Morgan fingerprint density at radius 3 is 2.47 bits per heavy atom. The summed E-state index contributed by atoms with van der Waals surface area (Å²) in [6, 6.07) is 5.52. The first-order valence-corrected chi connectivity index (χ1v) is 13.4. The zero-order valence-electron chi connectivity index (χ0n) is 21.2. The van der Waals surface area contributed by atoms with Gasteiger partial charge in [0, 0.05) is 24.6 Å². The second kappa shape index (κ2) is 12.1. The summed E-state index contributed by atoms with van der Waals surface area (Å²) in [5, 5.41) is 35.8. The third-order valence-corrected chi connectivity index (χ3v) is 6.58. The molecule has 4 N–H and O–H groups in total. The minimum Gasteiger partial charge on any atom is -0.392 e. The highest BCUT2D eigenvalue weighted by molar-refractivity contribution is 7.92. The molecule has 0 spiro atoms. The van der Waals surface area contributed by atoms with Crippen molar-refractivity contribution in [2.75, 3.05) is 22.9 Å². The summed E-state index contributed by atoms with van der Waals surface area (Å²) in [6.45, 7) is 3.72. The number of nitrogens with zero attached hydrogens (tertiary/aromatic N) is 6. The van der Waals surface area contributed by atoms with E-state index in [4.69, 9.17) is 0 Å². The molecule has 0 fully saturated rings. The van der Waals surface area contributed by atoms with Crippen LogP contribution in [-0.4, -0.2) is 80.6 Å². The zero-order valence-corrected chi connectivity index (χ0v) is 22.0. The van der Waals surface area contributed by atoms with Crippen molar-refractivity contribution >= 4 is 33.9 Å². The van der Waals surface area contributed by atoms with Crippen LogP contribution in [0.4, 0.5) is 16.3 Å². The van der Waals surface area contributed by atoms with Crippen molar-refractivity contribution in [3.8, 4) is 11.3 Å². The van der Waals surface area contributed by atoms with E-state index in [9.17, 15) is 27.8 Å². The molecule has 1 amide bonds. The molecular formula is C23H29FN8O5S. The van der Waals surface area contributed by atoms with Gasteiger partial charge in [-0.2, -0.15) is 5.21 Å². The molecule has 0 saturated heterocycles. The summed E-state index contributed by atoms with van der Waals surface area (Å²) in [7, 11) is -2.33. The monoisotopic (exact) mass is 548 g/mol. The summed E-state index contributed by atoms with van der Waals surface area (Å²) >= 11 is 0. The number of aromatic amines is 1. The Kier molecular flexibility index (Phi) is 9.19. The van der Waals surface area contributed by atoms with Gasteiger partial charge >= 0.3 is 0 Å². The molecule has 204 valence electrons. The molecule has 2 aromatic heterocycles. The van der Waals surface area contributed by atoms with Gasteiger partial charge in [-0.1, -0.05) is 31.1 Å². The van der Waals surface area contributed by atoms with Gasteiger partial charge in [-0.25, -0.2) is 27.1 Å². The average molecular weight is 549 g/mol. The van der Waals surface area contributed by atoms with Crippen molar-refractivity contribution in [3.63, 3.8) is 0 Å². The van der Waals surface area contributed by atoms with Gasteiger partial charge in [0.15, 0.2) is 0 Å². The number of tetrazole rings is 1. The third kappa shape index (κ3) is 7.60. The van der Waals surface area contributed by atoms with Crippen LogP contribution in [0.3, 0.4) is 0 Å². The maximum atomic E-state index is 13.6. The van der Waals surface area contributed by atoms with Crippen LogP contribution in [0.1, 0.15) is 43.9 Å². The molecule has 1 aromatic carbocycles. The van der Waals surface area contributed by atoms with Gasteiger partial charge in [-0.15, -0.1) is 5.10 Å². The van der Waals surface area contributed by atoms with Crippen LogP contribution in [-0.2, 0) is 14.8 Å². The lowest BCUT2D eigenvalue weighted by atomic mass is 9.97. The predicted octanol–water partition coefficient (Wildman–Crippen LogP) is 1.47. The number of sulfonamides is 1. The average Bonchev–Trinajstić information content (AvgIpc) is 3.34. The number of aliphatic hydroxyl groups is 2. The number of carbonyl (C=O) groups excluding carboxylic acids is 1. The van der Waals surface area contributed by atoms with E-state index < -0.39 is 34.0 Å². The van der Waals surface area contributed by atoms with Gasteiger partial charge in [-0.3, -0.25) is 10.1 Å². The molecule has 15 heteroatoms. The highest BCUT2D eigenvalue weighted by Gasteiger charge is 2.22. The van der Waals surface area contributed by atoms with E-state index in [1.807, 2.05) is 13.8 Å². The van der Waals surface area contributed by atoms with Crippen LogP contribution < -0.4 is 9.62 Å². The highest BCUT2D eigenvalue weighted by Crippen LogP contribution is 2.31. The Bertz CT molecular complexity index is 1380. The lowest BCUT2D eigenvalue weighted by Crippen LogP contribution is -2.27. The van der Waals surface area contributed by atoms with E-state index in [0.717, 1.165) is 10.6 Å². The molecule has 0 saturated carbocycles. The first-order valence-electron chi connectivity index (χ1n) is 11.5. The maximum absolute atomic E-state index is 13.6. The van der Waals surface area contributed by atoms with E-state index in [-0.39, 0.29) is 30.7 Å². The van der Waals surface area contributed by atoms with Gasteiger partial charge in [0.1, 0.15) is 5.82 Å². The van der Waals surface area contributed by atoms with Crippen molar-refractivity contribution in [2.45, 2.75) is 44.8 Å². The number of hydrogen-bond acceptors (Lipinski definition) is 10. The Balaban J connectivity index is 1.90. The standard InChI is InChI=1S/C23H29FN8O5S/c1-13(2)20-18(10-9-16(33)11-17(34)12-19(35)25-22-28-30-31-29-22)21(14-5-7-15(24)8-6-14)27-23(26-20)32(3)38(4,36)37/h5-10,13,16-17,33-34H,11-12H2,1-4H3,(H2,25,28,29,30,31,35)/t16-,17+/m0/s1. The van der Waals surface area contributed by atoms with Crippen LogP contribution in [0.2, 0.25) is 0 Å². The van der Waals surface area contributed by atoms with E-state index in [1.165, 1.54) is 37.4 Å². The predicted molar refractivity (Wildman–Crippen MR) is 138 cm³/mol. The molecule has 0 aliphatic heterocycles. The summed E-state index contributed by atoms with van der Waals surface area (Å²) in [5.41, 5.74) is 1.82. The number of aliphatic hydroxyl groups excluding tert-OH is 2. The molecule has 3 rings (SSSR count). The van der Waals surface area contributed by atoms with Crippen LogP contribution >= 0.6 is 0 Å². The van der Waals surface area contributed by atoms with Gasteiger partial charge in [-0.05, 0) is 35.4 Å². The summed E-state index contributed by atoms with van der Waals surface area (Å²) in [4.78, 5) is 20.9. The minimum absolute atomic E-state index is 0.0397. The summed E-state index contributed by atoms with van der Waals surface area (Å²) in [5.74, 6) is -1.29. The van der Waals surface area contributed by atoms with E-state index in [1.54, 1.807) is 6.08 Å². The molecule has 38 heavy (non-hydrogen) atoms. The number of carbonyl (C=O) groups is 1. The summed E-state index contributed by atoms with van der Waals surface area (Å²) in [6.07, 6.45) is 1.21. The van der Waals surface area contributed by atoms with Crippen molar-refractivity contribution in [2.24, 2.45) is 0 Å². The van der Waals surface area contributed by atoms with E-state index in [2.05, 4.69) is 35.9 Å². The maximum Gasteiger partial charge on any atom is 0.269 e. The molecule has 2 atom stereocenters. The second-order valence-electron chi connectivity index (χ2n) is 8.87. The van der Waals surface area contributed by atoms with E-state index >= 15 is 0 Å². The van der Waals surface area contributed by atoms with E-state index in [0.29, 0.717) is 22.5 Å². The first-order chi connectivity index (χ1) is 17.8. The Labute approximate surface area is 218 Å². The largest absolute Gasteiger partial charge is 0.392 e. The Hall–Kier alpha value is -3.82. The number of amides is 1. The number of H-pyrrole nitrogens is 1. The number of anilines is 2. The quantitative estimate of drug-likeness (QED) is 0.273. The van der Waals surface area contributed by atoms with Gasteiger partial charge in [0.05, 0.1) is 36.3 Å². The molecular weight excluding hydrogens is 519 g/mol. The molecule has 2 heterocycles. The Morgan fingerprint density at radius 2 is 1.89 bits per heavy atom. The van der Waals surface area contributed by atoms with Gasteiger partial charge < -0.3 is 10.2 Å². The minimum atomic E-state index is -3.67. The third-order valence-electron chi connectivity index (χ3n) is 5.42. The fourth-order valence-electron chi connectivity index (χ4n) is 3.45. The molecule has 0 bridgehead atoms. The number of hydrogen-bond donors (Lipinski definition) is 4. The smallest absolute Gasteiger partial charge is 0.269 e. The highest BCUT2D eigenvalue weighted by atomic mass is 32.2. The first kappa shape index (κ1) is 28.7. The van der Waals surface area contributed by atoms with Crippen molar-refractivity contribution < 1.29 is 27.8 Å². The number of aromatic nitrogens is 6. The normalized spacial score (nSPS) is 13.6. The second-order valence-corrected chi connectivity index (χ2v) is 10.9. The van der Waals surface area contributed by atoms with Gasteiger partial charge in [0.2, 0.25) is 21.9 Å². The zero-order chi connectivity index (χ0) is 28.0. The van der Waals surface area contributed by atoms with Crippen LogP contribution in [0.25, 0.3) is 17.3 Å². The van der Waals surface area contributed by atoms with Crippen LogP contribution in [0, 0.1) is 5.82 Å². The number of nitrogens with one attached hydrogen (secondary N) is 2. The van der Waals surface area contributed by atoms with Crippen molar-refractivity contribution in [3.05, 3.63) is 47.4 Å². The van der Waals surface area contributed by atoms with Crippen molar-refractivity contribution in [1.82, 2.24) is 30.6 Å². The molecule has 13 nitrogen and oxygen atoms in total. The lowest BCUT2D eigenvalue weighted by Gasteiger charge is -2.20.